The second-order valence-electron chi connectivity index (χ2n) is 10.6. The Balaban J connectivity index is 1.54. The van der Waals surface area contributed by atoms with E-state index in [-0.39, 0.29) is 50.6 Å². The number of likely N-dealkylation sites (N-methyl/N-ethyl adjacent to an activating group) is 2. The van der Waals surface area contributed by atoms with Crippen LogP contribution in [0.4, 0.5) is 0 Å². The molecule has 1 aliphatic rings. The van der Waals surface area contributed by atoms with Crippen molar-refractivity contribution in [1.82, 2.24) is 20.4 Å². The molecule has 0 unspecified atom stereocenters. The summed E-state index contributed by atoms with van der Waals surface area (Å²) >= 11 is 0. The van der Waals surface area contributed by atoms with E-state index in [4.69, 9.17) is 9.47 Å². The molecule has 4 amide bonds. The number of benzene rings is 3. The molecule has 0 saturated carbocycles. The monoisotopic (exact) mass is 586 g/mol. The van der Waals surface area contributed by atoms with Crippen molar-refractivity contribution in [2.45, 2.75) is 31.8 Å². The summed E-state index contributed by atoms with van der Waals surface area (Å²) in [5.74, 6) is -0.851. The molecular formula is C33H38N4O6. The molecule has 0 bridgehead atoms. The molecule has 10 nitrogen and oxygen atoms in total. The molecule has 1 heterocycles. The molecule has 0 radical (unpaired) electrons. The number of amides is 4. The summed E-state index contributed by atoms with van der Waals surface area (Å²) in [6.45, 7) is 2.79. The van der Waals surface area contributed by atoms with Gasteiger partial charge in [-0.1, -0.05) is 60.2 Å². The molecule has 4 rings (SSSR count). The summed E-state index contributed by atoms with van der Waals surface area (Å²) in [6, 6.07) is 21.5. The normalized spacial score (nSPS) is 17.9. The van der Waals surface area contributed by atoms with Crippen molar-refractivity contribution < 1.29 is 28.7 Å². The topological polar surface area (TPSA) is 117 Å². The Labute approximate surface area is 252 Å². The highest BCUT2D eigenvalue weighted by molar-refractivity contribution is 6.01. The van der Waals surface area contributed by atoms with E-state index in [1.165, 1.54) is 9.80 Å². The molecule has 0 fully saturated rings. The van der Waals surface area contributed by atoms with Gasteiger partial charge in [0.05, 0.1) is 25.1 Å². The van der Waals surface area contributed by atoms with E-state index in [9.17, 15) is 19.2 Å². The molecule has 0 spiro atoms. The second kappa shape index (κ2) is 14.9. The van der Waals surface area contributed by atoms with Gasteiger partial charge in [-0.25, -0.2) is 0 Å². The average Bonchev–Trinajstić information content (AvgIpc) is 3.00. The molecule has 2 atom stereocenters. The van der Waals surface area contributed by atoms with Gasteiger partial charge >= 0.3 is 0 Å². The molecule has 0 aromatic heterocycles. The summed E-state index contributed by atoms with van der Waals surface area (Å²) in [7, 11) is 3.23. The van der Waals surface area contributed by atoms with Crippen LogP contribution in [-0.2, 0) is 20.8 Å². The minimum absolute atomic E-state index is 0.130. The first-order valence-corrected chi connectivity index (χ1v) is 14.3. The lowest BCUT2D eigenvalue weighted by Crippen LogP contribution is -2.53. The number of aryl methyl sites for hydroxylation is 1. The van der Waals surface area contributed by atoms with E-state index in [1.807, 2.05) is 61.5 Å². The van der Waals surface area contributed by atoms with Crippen LogP contribution in [0.2, 0.25) is 0 Å². The highest BCUT2D eigenvalue weighted by Gasteiger charge is 2.31. The molecule has 226 valence electrons. The summed E-state index contributed by atoms with van der Waals surface area (Å²) in [5, 5.41) is 5.54. The van der Waals surface area contributed by atoms with Crippen molar-refractivity contribution >= 4 is 23.6 Å². The summed E-state index contributed by atoms with van der Waals surface area (Å²) in [6.07, 6.45) is -0.0975. The maximum Gasteiger partial charge on any atom is 0.255 e. The lowest BCUT2D eigenvalue weighted by Gasteiger charge is -2.28. The van der Waals surface area contributed by atoms with Crippen molar-refractivity contribution in [3.8, 4) is 11.5 Å². The molecule has 1 aliphatic heterocycles. The van der Waals surface area contributed by atoms with E-state index in [0.29, 0.717) is 11.5 Å². The van der Waals surface area contributed by atoms with Crippen LogP contribution in [0.15, 0.2) is 78.9 Å². The van der Waals surface area contributed by atoms with Gasteiger partial charge in [0.2, 0.25) is 17.7 Å². The van der Waals surface area contributed by atoms with Crippen LogP contribution in [0.25, 0.3) is 0 Å². The van der Waals surface area contributed by atoms with Crippen molar-refractivity contribution in [2.75, 3.05) is 40.4 Å². The van der Waals surface area contributed by atoms with Gasteiger partial charge in [-0.3, -0.25) is 19.2 Å². The smallest absolute Gasteiger partial charge is 0.255 e. The van der Waals surface area contributed by atoms with Crippen molar-refractivity contribution in [2.24, 2.45) is 0 Å². The van der Waals surface area contributed by atoms with Crippen molar-refractivity contribution in [1.29, 1.82) is 0 Å². The number of hydrogen-bond donors (Lipinski definition) is 2. The number of fused-ring (bicyclic) bond motifs is 1. The number of carbonyl (C=O) groups is 4. The fourth-order valence-electron chi connectivity index (χ4n) is 4.68. The van der Waals surface area contributed by atoms with Gasteiger partial charge in [-0.15, -0.1) is 0 Å². The second-order valence-corrected chi connectivity index (χ2v) is 10.6. The maximum absolute atomic E-state index is 13.6. The van der Waals surface area contributed by atoms with Crippen LogP contribution < -0.4 is 20.1 Å². The van der Waals surface area contributed by atoms with Crippen molar-refractivity contribution in [3.63, 3.8) is 0 Å². The molecule has 43 heavy (non-hydrogen) atoms. The Bertz CT molecular complexity index is 1410. The summed E-state index contributed by atoms with van der Waals surface area (Å²) in [4.78, 5) is 56.7. The quantitative estimate of drug-likeness (QED) is 0.440. The van der Waals surface area contributed by atoms with Crippen LogP contribution in [0, 0.1) is 6.92 Å². The van der Waals surface area contributed by atoms with E-state index in [0.717, 1.165) is 11.1 Å². The summed E-state index contributed by atoms with van der Waals surface area (Å²) in [5.41, 5.74) is 2.20. The van der Waals surface area contributed by atoms with Gasteiger partial charge in [0.25, 0.3) is 5.91 Å². The molecule has 2 N–H and O–H groups in total. The highest BCUT2D eigenvalue weighted by atomic mass is 16.5. The average molecular weight is 587 g/mol. The number of ether oxygens (including phenoxy) is 2. The van der Waals surface area contributed by atoms with E-state index in [2.05, 4.69) is 10.6 Å². The molecule has 3 aromatic carbocycles. The number of para-hydroxylation sites is 1. The minimum atomic E-state index is -1.20. The van der Waals surface area contributed by atoms with Crippen LogP contribution in [0.3, 0.4) is 0 Å². The number of rotatable bonds is 7. The third kappa shape index (κ3) is 8.81. The fraction of sp³-hybridized carbons (Fsp3) is 0.333. The zero-order valence-electron chi connectivity index (χ0n) is 24.7. The predicted molar refractivity (Wildman–Crippen MR) is 162 cm³/mol. The predicted octanol–water partition coefficient (Wildman–Crippen LogP) is 2.60. The van der Waals surface area contributed by atoms with Crippen LogP contribution in [0.5, 0.6) is 11.5 Å². The SMILES string of the molecule is Cc1ccc(OCCN(C)C(=O)[C@@H]2CC(=O)N[C@@H](Cc3ccccc3)C(=O)N(C)CCOc3ccccc3C(=O)N2)cc1. The van der Waals surface area contributed by atoms with Crippen LogP contribution in [-0.4, -0.2) is 85.9 Å². The largest absolute Gasteiger partial charge is 0.492 e. The zero-order chi connectivity index (χ0) is 30.8. The third-order valence-electron chi connectivity index (χ3n) is 7.19. The van der Waals surface area contributed by atoms with E-state index < -0.39 is 29.8 Å². The van der Waals surface area contributed by atoms with Gasteiger partial charge in [-0.2, -0.15) is 0 Å². The Kier molecular flexibility index (Phi) is 10.7. The lowest BCUT2D eigenvalue weighted by atomic mass is 10.0. The Morgan fingerprint density at radius 3 is 2.42 bits per heavy atom. The lowest BCUT2D eigenvalue weighted by molar-refractivity contribution is -0.137. The standard InChI is InChI=1S/C33H38N4O6/c1-23-13-15-25(16-14-23)42-19-17-36(2)33(41)28-22-30(38)34-27(21-24-9-5-4-6-10-24)32(40)37(3)18-20-43-29-12-8-7-11-26(29)31(39)35-28/h4-16,27-28H,17-22H2,1-3H3,(H,34,38)(H,35,39)/t27-,28-/m0/s1. The summed E-state index contributed by atoms with van der Waals surface area (Å²) < 4.78 is 11.7. The molecule has 3 aromatic rings. The molecule has 0 saturated heterocycles. The number of hydrogen-bond acceptors (Lipinski definition) is 6. The first kappa shape index (κ1) is 31.1. The van der Waals surface area contributed by atoms with Crippen LogP contribution >= 0.6 is 0 Å². The zero-order valence-corrected chi connectivity index (χ0v) is 24.7. The van der Waals surface area contributed by atoms with Crippen molar-refractivity contribution in [3.05, 3.63) is 95.6 Å². The molecule has 10 heteroatoms. The Morgan fingerprint density at radius 1 is 0.977 bits per heavy atom. The van der Waals surface area contributed by atoms with Crippen LogP contribution in [0.1, 0.15) is 27.9 Å². The fourth-order valence-corrected chi connectivity index (χ4v) is 4.68. The van der Waals surface area contributed by atoms with Gasteiger partial charge in [0.15, 0.2) is 0 Å². The first-order chi connectivity index (χ1) is 20.7. The molecule has 0 aliphatic carbocycles. The highest BCUT2D eigenvalue weighted by Crippen LogP contribution is 2.19. The van der Waals surface area contributed by atoms with Gasteiger partial charge in [0, 0.05) is 20.5 Å². The number of carbonyl (C=O) groups excluding carboxylic acids is 4. The maximum atomic E-state index is 13.6. The van der Waals surface area contributed by atoms with Gasteiger partial charge < -0.3 is 29.9 Å². The Morgan fingerprint density at radius 2 is 1.67 bits per heavy atom. The Hall–Kier alpha value is -4.86. The third-order valence-corrected chi connectivity index (χ3v) is 7.19. The first-order valence-electron chi connectivity index (χ1n) is 14.3. The molecular weight excluding hydrogens is 548 g/mol. The van der Waals surface area contributed by atoms with E-state index >= 15 is 0 Å². The number of nitrogens with zero attached hydrogens (tertiary/aromatic N) is 2. The van der Waals surface area contributed by atoms with Gasteiger partial charge in [0.1, 0.15) is 36.8 Å². The number of nitrogens with one attached hydrogen (secondary N) is 2. The van der Waals surface area contributed by atoms with Gasteiger partial charge in [-0.05, 0) is 36.8 Å². The van der Waals surface area contributed by atoms with E-state index in [1.54, 1.807) is 38.4 Å². The minimum Gasteiger partial charge on any atom is -0.492 e.